The molecule has 2 heterocycles. The first-order valence-corrected chi connectivity index (χ1v) is 6.54. The lowest BCUT2D eigenvalue weighted by molar-refractivity contribution is -0.119. The van der Waals surface area contributed by atoms with Gasteiger partial charge in [0.1, 0.15) is 0 Å². The number of pyridine rings is 1. The van der Waals surface area contributed by atoms with Crippen LogP contribution in [0.1, 0.15) is 19.4 Å². The lowest BCUT2D eigenvalue weighted by atomic mass is 10.0. The molecule has 0 aromatic carbocycles. The molecule has 20 heavy (non-hydrogen) atoms. The molecule has 0 spiro atoms. The van der Waals surface area contributed by atoms with Gasteiger partial charge in [0.2, 0.25) is 5.91 Å². The Balaban J connectivity index is 1.97. The van der Waals surface area contributed by atoms with E-state index in [1.54, 1.807) is 36.4 Å². The third kappa shape index (κ3) is 3.64. The first-order chi connectivity index (χ1) is 9.56. The summed E-state index contributed by atoms with van der Waals surface area (Å²) < 4.78 is 1.77. The molecule has 0 radical (unpaired) electrons. The van der Waals surface area contributed by atoms with Gasteiger partial charge in [-0.25, -0.2) is 0 Å². The summed E-state index contributed by atoms with van der Waals surface area (Å²) in [5.41, 5.74) is 7.49. The molecule has 0 bridgehead atoms. The third-order valence-electron chi connectivity index (χ3n) is 3.20. The molecule has 0 saturated carbocycles. The molecule has 1 amide bonds. The predicted molar refractivity (Wildman–Crippen MR) is 77.0 cm³/mol. The van der Waals surface area contributed by atoms with Crippen LogP contribution in [-0.4, -0.2) is 26.7 Å². The number of carbonyl (C=O) groups is 1. The van der Waals surface area contributed by atoms with Crippen LogP contribution in [0.15, 0.2) is 36.9 Å². The molecule has 0 aliphatic carbocycles. The Morgan fingerprint density at radius 1 is 1.40 bits per heavy atom. The number of anilines is 1. The van der Waals surface area contributed by atoms with Crippen molar-refractivity contribution >= 4 is 11.6 Å². The van der Waals surface area contributed by atoms with Crippen molar-refractivity contribution in [2.75, 3.05) is 5.32 Å². The standard InChI is InChI=1S/C14H19N5O/c1-10(11(2)15)14(20)18-13-7-17-19(9-13)8-12-3-5-16-6-4-12/h3-7,9-11H,8,15H2,1-2H3,(H,18,20). The van der Waals surface area contributed by atoms with Crippen LogP contribution in [-0.2, 0) is 11.3 Å². The molecule has 6 heteroatoms. The van der Waals surface area contributed by atoms with Crippen LogP contribution in [0.5, 0.6) is 0 Å². The first kappa shape index (κ1) is 14.2. The number of nitrogens with zero attached hydrogens (tertiary/aromatic N) is 3. The lowest BCUT2D eigenvalue weighted by Crippen LogP contribution is -2.34. The zero-order valence-electron chi connectivity index (χ0n) is 11.7. The Kier molecular flexibility index (Phi) is 4.47. The topological polar surface area (TPSA) is 85.8 Å². The van der Waals surface area contributed by atoms with Crippen molar-refractivity contribution in [3.63, 3.8) is 0 Å². The van der Waals surface area contributed by atoms with Crippen molar-refractivity contribution in [1.29, 1.82) is 0 Å². The Morgan fingerprint density at radius 3 is 2.75 bits per heavy atom. The van der Waals surface area contributed by atoms with Gasteiger partial charge < -0.3 is 11.1 Å². The second-order valence-electron chi connectivity index (χ2n) is 4.92. The Bertz CT molecular complexity index is 564. The van der Waals surface area contributed by atoms with Gasteiger partial charge >= 0.3 is 0 Å². The van der Waals surface area contributed by atoms with E-state index in [1.165, 1.54) is 0 Å². The number of aromatic nitrogens is 3. The molecule has 0 aliphatic rings. The molecule has 2 rings (SSSR count). The van der Waals surface area contributed by atoms with Gasteiger partial charge in [-0.2, -0.15) is 5.10 Å². The van der Waals surface area contributed by atoms with E-state index in [4.69, 9.17) is 5.73 Å². The van der Waals surface area contributed by atoms with Crippen molar-refractivity contribution in [2.45, 2.75) is 26.4 Å². The van der Waals surface area contributed by atoms with Gasteiger partial charge in [-0.15, -0.1) is 0 Å². The molecule has 0 fully saturated rings. The van der Waals surface area contributed by atoms with Crippen molar-refractivity contribution in [1.82, 2.24) is 14.8 Å². The minimum Gasteiger partial charge on any atom is -0.327 e. The van der Waals surface area contributed by atoms with Crippen molar-refractivity contribution in [2.24, 2.45) is 11.7 Å². The lowest BCUT2D eigenvalue weighted by Gasteiger charge is -2.14. The smallest absolute Gasteiger partial charge is 0.228 e. The average molecular weight is 273 g/mol. The summed E-state index contributed by atoms with van der Waals surface area (Å²) >= 11 is 0. The monoisotopic (exact) mass is 273 g/mol. The van der Waals surface area contributed by atoms with Crippen LogP contribution in [0, 0.1) is 5.92 Å². The number of hydrogen-bond acceptors (Lipinski definition) is 4. The van der Waals surface area contributed by atoms with Gasteiger partial charge in [0.05, 0.1) is 24.3 Å². The highest BCUT2D eigenvalue weighted by atomic mass is 16.1. The highest BCUT2D eigenvalue weighted by Crippen LogP contribution is 2.10. The maximum absolute atomic E-state index is 11.9. The minimum absolute atomic E-state index is 0.0940. The fourth-order valence-electron chi connectivity index (χ4n) is 1.68. The van der Waals surface area contributed by atoms with Gasteiger partial charge in [-0.05, 0) is 24.6 Å². The minimum atomic E-state index is -0.237. The summed E-state index contributed by atoms with van der Waals surface area (Å²) in [5, 5.41) is 7.03. The highest BCUT2D eigenvalue weighted by Gasteiger charge is 2.17. The van der Waals surface area contributed by atoms with Crippen molar-refractivity contribution < 1.29 is 4.79 Å². The molecule has 0 aliphatic heterocycles. The van der Waals surface area contributed by atoms with Crippen LogP contribution in [0.2, 0.25) is 0 Å². The van der Waals surface area contributed by atoms with Gasteiger partial charge in [-0.3, -0.25) is 14.5 Å². The molecule has 2 unspecified atom stereocenters. The molecule has 2 aromatic rings. The molecular weight excluding hydrogens is 254 g/mol. The van der Waals surface area contributed by atoms with E-state index in [0.29, 0.717) is 12.2 Å². The van der Waals surface area contributed by atoms with E-state index in [1.807, 2.05) is 19.1 Å². The average Bonchev–Trinajstić information content (AvgIpc) is 2.86. The number of amides is 1. The van der Waals surface area contributed by atoms with Crippen molar-refractivity contribution in [3.8, 4) is 0 Å². The SMILES string of the molecule is CC(N)C(C)C(=O)Nc1cnn(Cc2ccncc2)c1. The van der Waals surface area contributed by atoms with Crippen LogP contribution in [0.25, 0.3) is 0 Å². The van der Waals surface area contributed by atoms with E-state index in [9.17, 15) is 4.79 Å². The normalized spacial score (nSPS) is 13.8. The summed E-state index contributed by atoms with van der Waals surface area (Å²) in [7, 11) is 0. The molecule has 0 saturated heterocycles. The van der Waals surface area contributed by atoms with E-state index >= 15 is 0 Å². The van der Waals surface area contributed by atoms with Gasteiger partial charge in [-0.1, -0.05) is 6.92 Å². The molecule has 6 nitrogen and oxygen atoms in total. The van der Waals surface area contributed by atoms with Gasteiger partial charge in [0.15, 0.2) is 0 Å². The Morgan fingerprint density at radius 2 is 2.10 bits per heavy atom. The maximum Gasteiger partial charge on any atom is 0.228 e. The van der Waals surface area contributed by atoms with E-state index < -0.39 is 0 Å². The molecular formula is C14H19N5O. The Hall–Kier alpha value is -2.21. The van der Waals surface area contributed by atoms with Crippen LogP contribution in [0.4, 0.5) is 5.69 Å². The van der Waals surface area contributed by atoms with Gasteiger partial charge in [0, 0.05) is 24.6 Å². The fourth-order valence-corrected chi connectivity index (χ4v) is 1.68. The van der Waals surface area contributed by atoms with E-state index in [-0.39, 0.29) is 17.9 Å². The largest absolute Gasteiger partial charge is 0.327 e. The summed E-state index contributed by atoms with van der Waals surface area (Å²) in [5.74, 6) is -0.331. The Labute approximate surface area is 118 Å². The molecule has 2 aromatic heterocycles. The molecule has 3 N–H and O–H groups in total. The van der Waals surface area contributed by atoms with Gasteiger partial charge in [0.25, 0.3) is 0 Å². The van der Waals surface area contributed by atoms with E-state index in [2.05, 4.69) is 15.4 Å². The number of rotatable bonds is 5. The zero-order valence-corrected chi connectivity index (χ0v) is 11.7. The molecule has 106 valence electrons. The third-order valence-corrected chi connectivity index (χ3v) is 3.20. The highest BCUT2D eigenvalue weighted by molar-refractivity contribution is 5.92. The van der Waals surface area contributed by atoms with Crippen LogP contribution >= 0.6 is 0 Å². The number of nitrogens with one attached hydrogen (secondary N) is 1. The van der Waals surface area contributed by atoms with E-state index in [0.717, 1.165) is 5.56 Å². The maximum atomic E-state index is 11.9. The number of carbonyl (C=O) groups excluding carboxylic acids is 1. The second-order valence-corrected chi connectivity index (χ2v) is 4.92. The van der Waals surface area contributed by atoms with Crippen LogP contribution < -0.4 is 11.1 Å². The second kappa shape index (κ2) is 6.29. The summed E-state index contributed by atoms with van der Waals surface area (Å²) in [6.07, 6.45) is 6.91. The predicted octanol–water partition coefficient (Wildman–Crippen LogP) is 1.25. The summed E-state index contributed by atoms with van der Waals surface area (Å²) in [6, 6.07) is 3.68. The number of hydrogen-bond donors (Lipinski definition) is 2. The quantitative estimate of drug-likeness (QED) is 0.858. The number of nitrogens with two attached hydrogens (primary N) is 1. The summed E-state index contributed by atoms with van der Waals surface area (Å²) in [6.45, 7) is 4.26. The summed E-state index contributed by atoms with van der Waals surface area (Å²) in [4.78, 5) is 15.9. The van der Waals surface area contributed by atoms with Crippen molar-refractivity contribution in [3.05, 3.63) is 42.5 Å². The zero-order chi connectivity index (χ0) is 14.5. The molecule has 2 atom stereocenters. The first-order valence-electron chi connectivity index (χ1n) is 6.54. The fraction of sp³-hybridized carbons (Fsp3) is 0.357. The van der Waals surface area contributed by atoms with Crippen LogP contribution in [0.3, 0.4) is 0 Å².